The maximum absolute atomic E-state index is 13.4. The number of nitrogens with one attached hydrogen (secondary N) is 1. The minimum atomic E-state index is -0.241. The number of aryl methyl sites for hydroxylation is 1. The first kappa shape index (κ1) is 12.6. The molecule has 0 radical (unpaired) electrons. The largest absolute Gasteiger partial charge is 0.354 e. The number of aromatic nitrogens is 1. The number of rotatable bonds is 1. The Labute approximate surface area is 115 Å². The molecule has 1 heterocycles. The average Bonchev–Trinajstić information content (AvgIpc) is 2.46. The second kappa shape index (κ2) is 4.60. The Balaban J connectivity index is 2.33. The molecule has 100 valence electrons. The number of fused-ring (bicyclic) bond motifs is 1. The van der Waals surface area contributed by atoms with Gasteiger partial charge in [-0.2, -0.15) is 0 Å². The van der Waals surface area contributed by atoms with Gasteiger partial charge < -0.3 is 4.98 Å². The van der Waals surface area contributed by atoms with E-state index in [1.807, 2.05) is 18.2 Å². The van der Waals surface area contributed by atoms with Gasteiger partial charge in [0.05, 0.1) is 5.69 Å². The molecule has 20 heavy (non-hydrogen) atoms. The highest BCUT2D eigenvalue weighted by atomic mass is 19.1. The number of benzene rings is 2. The van der Waals surface area contributed by atoms with E-state index in [4.69, 9.17) is 0 Å². The van der Waals surface area contributed by atoms with E-state index in [0.717, 1.165) is 16.8 Å². The summed E-state index contributed by atoms with van der Waals surface area (Å²) in [4.78, 5) is 15.7. The molecule has 0 aliphatic rings. The van der Waals surface area contributed by atoms with Gasteiger partial charge >= 0.3 is 0 Å². The van der Waals surface area contributed by atoms with E-state index in [9.17, 15) is 9.18 Å². The summed E-state index contributed by atoms with van der Waals surface area (Å²) >= 11 is 0. The van der Waals surface area contributed by atoms with Crippen LogP contribution in [-0.4, -0.2) is 4.98 Å². The van der Waals surface area contributed by atoms with Crippen LogP contribution in [-0.2, 0) is 0 Å². The zero-order chi connectivity index (χ0) is 14.3. The predicted octanol–water partition coefficient (Wildman–Crippen LogP) is 3.95. The van der Waals surface area contributed by atoms with Crippen LogP contribution in [0.15, 0.2) is 47.3 Å². The summed E-state index contributed by atoms with van der Waals surface area (Å²) in [5.74, 6) is -0.241. The summed E-state index contributed by atoms with van der Waals surface area (Å²) in [6, 6.07) is 12.3. The zero-order valence-electron chi connectivity index (χ0n) is 11.3. The Hall–Kier alpha value is -2.42. The predicted molar refractivity (Wildman–Crippen MR) is 79.4 cm³/mol. The standard InChI is InChI=1S/C17H14FNO/c1-10-9-12(7-8-14(10)18)16-11(2)17(20)13-5-3-4-6-15(13)19-16/h3-9H,1-2H3,(H,19,20). The fraction of sp³-hybridized carbons (Fsp3) is 0.118. The molecule has 2 nitrogen and oxygen atoms in total. The van der Waals surface area contributed by atoms with E-state index in [1.54, 1.807) is 32.0 Å². The molecule has 3 aromatic rings. The van der Waals surface area contributed by atoms with Crippen molar-refractivity contribution in [3.63, 3.8) is 0 Å². The summed E-state index contributed by atoms with van der Waals surface area (Å²) in [5.41, 5.74) is 3.59. The minimum Gasteiger partial charge on any atom is -0.354 e. The number of halogens is 1. The molecule has 0 amide bonds. The molecule has 0 unspecified atom stereocenters. The van der Waals surface area contributed by atoms with E-state index in [0.29, 0.717) is 16.5 Å². The van der Waals surface area contributed by atoms with E-state index in [2.05, 4.69) is 4.98 Å². The van der Waals surface area contributed by atoms with Crippen molar-refractivity contribution in [2.45, 2.75) is 13.8 Å². The van der Waals surface area contributed by atoms with Gasteiger partial charge in [0.1, 0.15) is 5.82 Å². The number of para-hydroxylation sites is 1. The molecule has 3 rings (SSSR count). The Morgan fingerprint density at radius 3 is 2.55 bits per heavy atom. The number of aromatic amines is 1. The summed E-state index contributed by atoms with van der Waals surface area (Å²) in [6.45, 7) is 3.51. The summed E-state index contributed by atoms with van der Waals surface area (Å²) in [6.07, 6.45) is 0. The first-order chi connectivity index (χ1) is 9.58. The van der Waals surface area contributed by atoms with Crippen molar-refractivity contribution in [3.8, 4) is 11.3 Å². The van der Waals surface area contributed by atoms with Gasteiger partial charge in [-0.15, -0.1) is 0 Å². The second-order valence-electron chi connectivity index (χ2n) is 4.96. The van der Waals surface area contributed by atoms with Crippen LogP contribution in [0.2, 0.25) is 0 Å². The highest BCUT2D eigenvalue weighted by Crippen LogP contribution is 2.23. The summed E-state index contributed by atoms with van der Waals surface area (Å²) in [7, 11) is 0. The quantitative estimate of drug-likeness (QED) is 0.711. The van der Waals surface area contributed by atoms with E-state index in [-0.39, 0.29) is 11.2 Å². The third kappa shape index (κ3) is 1.92. The number of pyridine rings is 1. The second-order valence-corrected chi connectivity index (χ2v) is 4.96. The molecule has 2 aromatic carbocycles. The van der Waals surface area contributed by atoms with Crippen LogP contribution in [0.1, 0.15) is 11.1 Å². The van der Waals surface area contributed by atoms with E-state index >= 15 is 0 Å². The van der Waals surface area contributed by atoms with Crippen molar-refractivity contribution >= 4 is 10.9 Å². The SMILES string of the molecule is Cc1cc(-c2[nH]c3ccccc3c(=O)c2C)ccc1F. The molecule has 0 spiro atoms. The highest BCUT2D eigenvalue weighted by Gasteiger charge is 2.10. The van der Waals surface area contributed by atoms with Crippen LogP contribution in [0.25, 0.3) is 22.2 Å². The van der Waals surface area contributed by atoms with Gasteiger partial charge in [0.2, 0.25) is 0 Å². The van der Waals surface area contributed by atoms with Crippen LogP contribution in [0.5, 0.6) is 0 Å². The molecule has 0 saturated heterocycles. The monoisotopic (exact) mass is 267 g/mol. The lowest BCUT2D eigenvalue weighted by Crippen LogP contribution is -2.09. The van der Waals surface area contributed by atoms with Crippen molar-refractivity contribution < 1.29 is 4.39 Å². The maximum atomic E-state index is 13.4. The maximum Gasteiger partial charge on any atom is 0.192 e. The van der Waals surface area contributed by atoms with Crippen LogP contribution >= 0.6 is 0 Å². The molecule has 0 aliphatic heterocycles. The average molecular weight is 267 g/mol. The van der Waals surface area contributed by atoms with Crippen LogP contribution in [0, 0.1) is 19.7 Å². The van der Waals surface area contributed by atoms with Crippen molar-refractivity contribution in [2.75, 3.05) is 0 Å². The molecule has 0 aliphatic carbocycles. The van der Waals surface area contributed by atoms with Crippen molar-refractivity contribution in [2.24, 2.45) is 0 Å². The lowest BCUT2D eigenvalue weighted by Gasteiger charge is -2.09. The molecule has 0 fully saturated rings. The van der Waals surface area contributed by atoms with E-state index in [1.165, 1.54) is 6.07 Å². The fourth-order valence-electron chi connectivity index (χ4n) is 2.42. The normalized spacial score (nSPS) is 10.9. The van der Waals surface area contributed by atoms with E-state index < -0.39 is 0 Å². The smallest absolute Gasteiger partial charge is 0.192 e. The number of hydrogen-bond acceptors (Lipinski definition) is 1. The fourth-order valence-corrected chi connectivity index (χ4v) is 2.42. The molecular weight excluding hydrogens is 253 g/mol. The van der Waals surface area contributed by atoms with Crippen LogP contribution in [0.4, 0.5) is 4.39 Å². The van der Waals surface area contributed by atoms with Gasteiger partial charge in [0, 0.05) is 16.5 Å². The molecule has 0 saturated carbocycles. The van der Waals surface area contributed by atoms with Gasteiger partial charge in [-0.3, -0.25) is 4.79 Å². The number of H-pyrrole nitrogens is 1. The highest BCUT2D eigenvalue weighted by molar-refractivity contribution is 5.83. The first-order valence-corrected chi connectivity index (χ1v) is 6.46. The lowest BCUT2D eigenvalue weighted by atomic mass is 10.0. The summed E-state index contributed by atoms with van der Waals surface area (Å²) in [5, 5.41) is 0.674. The van der Waals surface area contributed by atoms with Gasteiger partial charge in [-0.25, -0.2) is 4.39 Å². The van der Waals surface area contributed by atoms with Gasteiger partial charge in [0.25, 0.3) is 0 Å². The van der Waals surface area contributed by atoms with Crippen molar-refractivity contribution in [1.82, 2.24) is 4.98 Å². The van der Waals surface area contributed by atoms with Crippen LogP contribution in [0.3, 0.4) is 0 Å². The van der Waals surface area contributed by atoms with Gasteiger partial charge in [-0.1, -0.05) is 12.1 Å². The Bertz CT molecular complexity index is 864. The Kier molecular flexibility index (Phi) is 2.90. The van der Waals surface area contributed by atoms with Crippen molar-refractivity contribution in [3.05, 3.63) is 69.6 Å². The minimum absolute atomic E-state index is 0.0105. The lowest BCUT2D eigenvalue weighted by molar-refractivity contribution is 0.619. The van der Waals surface area contributed by atoms with Gasteiger partial charge in [-0.05, 0) is 55.3 Å². The Morgan fingerprint density at radius 1 is 1.05 bits per heavy atom. The first-order valence-electron chi connectivity index (χ1n) is 6.46. The number of hydrogen-bond donors (Lipinski definition) is 1. The van der Waals surface area contributed by atoms with Crippen molar-refractivity contribution in [1.29, 1.82) is 0 Å². The molecule has 0 atom stereocenters. The van der Waals surface area contributed by atoms with Crippen LogP contribution < -0.4 is 5.43 Å². The topological polar surface area (TPSA) is 32.9 Å². The molecule has 1 aromatic heterocycles. The summed E-state index contributed by atoms with van der Waals surface area (Å²) < 4.78 is 13.4. The molecular formula is C17H14FNO. The Morgan fingerprint density at radius 2 is 1.80 bits per heavy atom. The molecule has 1 N–H and O–H groups in total. The molecule has 3 heteroatoms. The third-order valence-corrected chi connectivity index (χ3v) is 3.59. The molecule has 0 bridgehead atoms. The zero-order valence-corrected chi connectivity index (χ0v) is 11.3. The third-order valence-electron chi connectivity index (χ3n) is 3.59. The van der Waals surface area contributed by atoms with Gasteiger partial charge in [0.15, 0.2) is 5.43 Å².